The Hall–Kier alpha value is -1.53. The van der Waals surface area contributed by atoms with E-state index in [1.165, 1.54) is 5.56 Å². The molecule has 0 amide bonds. The highest BCUT2D eigenvalue weighted by atomic mass is 15.0. The zero-order chi connectivity index (χ0) is 12.3. The lowest BCUT2D eigenvalue weighted by molar-refractivity contribution is 0.304. The van der Waals surface area contributed by atoms with E-state index in [-0.39, 0.29) is 0 Å². The van der Waals surface area contributed by atoms with Gasteiger partial charge in [-0.25, -0.2) is 0 Å². The quantitative estimate of drug-likeness (QED) is 0.818. The van der Waals surface area contributed by atoms with Gasteiger partial charge in [0.05, 0.1) is 6.07 Å². The highest BCUT2D eigenvalue weighted by Crippen LogP contribution is 2.28. The zero-order valence-electron chi connectivity index (χ0n) is 10.5. The van der Waals surface area contributed by atoms with Crippen molar-refractivity contribution in [3.05, 3.63) is 29.8 Å². The molecule has 2 N–H and O–H groups in total. The van der Waals surface area contributed by atoms with Crippen LogP contribution in [0.2, 0.25) is 0 Å². The van der Waals surface area contributed by atoms with E-state index in [9.17, 15) is 5.26 Å². The molecule has 17 heavy (non-hydrogen) atoms. The van der Waals surface area contributed by atoms with Crippen LogP contribution in [0.5, 0.6) is 0 Å². The highest BCUT2D eigenvalue weighted by molar-refractivity contribution is 5.49. The molecule has 1 fully saturated rings. The third kappa shape index (κ3) is 2.42. The molecule has 2 unspecified atom stereocenters. The van der Waals surface area contributed by atoms with Gasteiger partial charge >= 0.3 is 0 Å². The summed E-state index contributed by atoms with van der Waals surface area (Å²) in [5.41, 5.74) is 1.84. The first-order chi connectivity index (χ1) is 8.16. The lowest BCUT2D eigenvalue weighted by atomic mass is 9.80. The minimum atomic E-state index is -0.430. The molecule has 0 bridgehead atoms. The summed E-state index contributed by atoms with van der Waals surface area (Å²) in [4.78, 5) is 0. The molecule has 3 heteroatoms. The summed E-state index contributed by atoms with van der Waals surface area (Å²) in [6.07, 6.45) is 0.846. The summed E-state index contributed by atoms with van der Waals surface area (Å²) < 4.78 is 0. The minimum absolute atomic E-state index is 0.308. The van der Waals surface area contributed by atoms with E-state index < -0.39 is 5.54 Å². The second kappa shape index (κ2) is 4.77. The molecule has 2 atom stereocenters. The van der Waals surface area contributed by atoms with Crippen molar-refractivity contribution < 1.29 is 0 Å². The normalized spacial score (nSPS) is 28.4. The highest BCUT2D eigenvalue weighted by Gasteiger charge is 2.38. The van der Waals surface area contributed by atoms with Crippen LogP contribution in [0, 0.1) is 24.2 Å². The smallest absolute Gasteiger partial charge is 0.130 e. The molecule has 0 spiro atoms. The van der Waals surface area contributed by atoms with Gasteiger partial charge in [0.25, 0.3) is 0 Å². The predicted octanol–water partition coefficient (Wildman–Crippen LogP) is 2.30. The molecular formula is C14H19N3. The van der Waals surface area contributed by atoms with Crippen LogP contribution in [0.15, 0.2) is 24.3 Å². The largest absolute Gasteiger partial charge is 0.367 e. The van der Waals surface area contributed by atoms with Crippen LogP contribution in [-0.2, 0) is 0 Å². The van der Waals surface area contributed by atoms with E-state index in [4.69, 9.17) is 0 Å². The van der Waals surface area contributed by atoms with Gasteiger partial charge in [0.1, 0.15) is 5.54 Å². The Labute approximate surface area is 103 Å². The van der Waals surface area contributed by atoms with Crippen molar-refractivity contribution in [3.8, 4) is 6.07 Å². The molecular weight excluding hydrogens is 210 g/mol. The molecule has 1 heterocycles. The predicted molar refractivity (Wildman–Crippen MR) is 69.8 cm³/mol. The Morgan fingerprint density at radius 1 is 1.41 bits per heavy atom. The van der Waals surface area contributed by atoms with Crippen molar-refractivity contribution in [2.75, 3.05) is 18.4 Å². The third-order valence-electron chi connectivity index (χ3n) is 3.61. The van der Waals surface area contributed by atoms with Crippen LogP contribution >= 0.6 is 0 Å². The first kappa shape index (κ1) is 11.9. The van der Waals surface area contributed by atoms with Crippen LogP contribution in [-0.4, -0.2) is 18.6 Å². The Morgan fingerprint density at radius 3 is 2.71 bits per heavy atom. The van der Waals surface area contributed by atoms with Crippen LogP contribution < -0.4 is 10.6 Å². The van der Waals surface area contributed by atoms with Crippen molar-refractivity contribution in [2.24, 2.45) is 5.92 Å². The fraction of sp³-hybridized carbons (Fsp3) is 0.500. The first-order valence-corrected chi connectivity index (χ1v) is 6.13. The van der Waals surface area contributed by atoms with Crippen molar-refractivity contribution in [1.82, 2.24) is 5.32 Å². The maximum Gasteiger partial charge on any atom is 0.130 e. The standard InChI is InChI=1S/C14H19N3/c1-11-3-5-13(6-4-11)17-14(10-15)7-8-16-9-12(14)2/h3-6,12,16-17H,7-9H2,1-2H3. The van der Waals surface area contributed by atoms with Gasteiger partial charge in [0.15, 0.2) is 0 Å². The number of rotatable bonds is 2. The lowest BCUT2D eigenvalue weighted by Crippen LogP contribution is -2.53. The van der Waals surface area contributed by atoms with Crippen LogP contribution in [0.4, 0.5) is 5.69 Å². The number of nitrogens with zero attached hydrogens (tertiary/aromatic N) is 1. The van der Waals surface area contributed by atoms with Crippen molar-refractivity contribution >= 4 is 5.69 Å². The van der Waals surface area contributed by atoms with E-state index in [1.807, 2.05) is 12.1 Å². The minimum Gasteiger partial charge on any atom is -0.367 e. The van der Waals surface area contributed by atoms with E-state index in [2.05, 4.69) is 42.7 Å². The van der Waals surface area contributed by atoms with Gasteiger partial charge in [-0.2, -0.15) is 5.26 Å². The number of nitriles is 1. The van der Waals surface area contributed by atoms with Gasteiger partial charge in [-0.15, -0.1) is 0 Å². The maximum absolute atomic E-state index is 9.49. The fourth-order valence-electron chi connectivity index (χ4n) is 2.30. The molecule has 3 nitrogen and oxygen atoms in total. The Kier molecular flexibility index (Phi) is 3.35. The number of benzene rings is 1. The fourth-order valence-corrected chi connectivity index (χ4v) is 2.30. The average Bonchev–Trinajstić information content (AvgIpc) is 2.35. The molecule has 1 aliphatic heterocycles. The van der Waals surface area contributed by atoms with Crippen LogP contribution in [0.1, 0.15) is 18.9 Å². The summed E-state index contributed by atoms with van der Waals surface area (Å²) in [6.45, 7) is 5.98. The zero-order valence-corrected chi connectivity index (χ0v) is 10.5. The Bertz CT molecular complexity index is 418. The number of anilines is 1. The third-order valence-corrected chi connectivity index (χ3v) is 3.61. The number of hydrogen-bond donors (Lipinski definition) is 2. The van der Waals surface area contributed by atoms with Gasteiger partial charge in [-0.1, -0.05) is 24.6 Å². The molecule has 0 aliphatic carbocycles. The molecule has 1 aromatic rings. The molecule has 1 aromatic carbocycles. The summed E-state index contributed by atoms with van der Waals surface area (Å²) in [5, 5.41) is 16.2. The van der Waals surface area contributed by atoms with E-state index in [0.717, 1.165) is 25.2 Å². The number of hydrogen-bond acceptors (Lipinski definition) is 3. The monoisotopic (exact) mass is 229 g/mol. The number of nitrogens with one attached hydrogen (secondary N) is 2. The number of aryl methyl sites for hydroxylation is 1. The summed E-state index contributed by atoms with van der Waals surface area (Å²) >= 11 is 0. The topological polar surface area (TPSA) is 47.9 Å². The van der Waals surface area contributed by atoms with Crippen molar-refractivity contribution in [1.29, 1.82) is 5.26 Å². The molecule has 0 radical (unpaired) electrons. The first-order valence-electron chi connectivity index (χ1n) is 6.13. The summed E-state index contributed by atoms with van der Waals surface area (Å²) in [5.74, 6) is 0.308. The summed E-state index contributed by atoms with van der Waals surface area (Å²) in [6, 6.07) is 10.7. The average molecular weight is 229 g/mol. The molecule has 1 saturated heterocycles. The molecule has 2 rings (SSSR count). The van der Waals surface area contributed by atoms with E-state index >= 15 is 0 Å². The van der Waals surface area contributed by atoms with E-state index in [1.54, 1.807) is 0 Å². The van der Waals surface area contributed by atoms with Gasteiger partial charge in [0.2, 0.25) is 0 Å². The molecule has 90 valence electrons. The number of piperidine rings is 1. The van der Waals surface area contributed by atoms with Gasteiger partial charge < -0.3 is 10.6 Å². The Morgan fingerprint density at radius 2 is 2.12 bits per heavy atom. The second-order valence-electron chi connectivity index (χ2n) is 4.93. The maximum atomic E-state index is 9.49. The van der Waals surface area contributed by atoms with Crippen molar-refractivity contribution in [3.63, 3.8) is 0 Å². The second-order valence-corrected chi connectivity index (χ2v) is 4.93. The van der Waals surface area contributed by atoms with Crippen molar-refractivity contribution in [2.45, 2.75) is 25.8 Å². The van der Waals surface area contributed by atoms with Crippen LogP contribution in [0.25, 0.3) is 0 Å². The van der Waals surface area contributed by atoms with Crippen LogP contribution in [0.3, 0.4) is 0 Å². The SMILES string of the molecule is Cc1ccc(NC2(C#N)CCNCC2C)cc1. The van der Waals surface area contributed by atoms with Gasteiger partial charge in [-0.05, 0) is 32.0 Å². The Balaban J connectivity index is 2.19. The summed E-state index contributed by atoms with van der Waals surface area (Å²) in [7, 11) is 0. The van der Waals surface area contributed by atoms with Gasteiger partial charge in [-0.3, -0.25) is 0 Å². The van der Waals surface area contributed by atoms with E-state index in [0.29, 0.717) is 5.92 Å². The molecule has 0 saturated carbocycles. The van der Waals surface area contributed by atoms with Gasteiger partial charge in [0, 0.05) is 18.2 Å². The lowest BCUT2D eigenvalue weighted by Gasteiger charge is -2.38. The molecule has 0 aromatic heterocycles. The molecule has 1 aliphatic rings.